The number of halogens is 1. The molecule has 2 aliphatic rings. The minimum Gasteiger partial charge on any atom is -0.324 e. The molecule has 7 nitrogen and oxygen atoms in total. The molecule has 1 atom stereocenters. The van der Waals surface area contributed by atoms with E-state index < -0.39 is 10.0 Å². The Bertz CT molecular complexity index is 1200. The van der Waals surface area contributed by atoms with Crippen molar-refractivity contribution >= 4 is 44.8 Å². The highest BCUT2D eigenvalue weighted by Gasteiger charge is 2.33. The van der Waals surface area contributed by atoms with Gasteiger partial charge in [0.05, 0.1) is 4.90 Å². The normalized spacial score (nSPS) is 19.3. The van der Waals surface area contributed by atoms with Crippen LogP contribution in [0.15, 0.2) is 41.3 Å². The molecule has 176 valence electrons. The highest BCUT2D eigenvalue weighted by Crippen LogP contribution is 2.33. The zero-order valence-corrected chi connectivity index (χ0v) is 20.4. The second-order valence-electron chi connectivity index (χ2n) is 8.69. The second-order valence-corrected chi connectivity index (χ2v) is 11.0. The first-order valence-corrected chi connectivity index (χ1v) is 13.0. The second kappa shape index (κ2) is 9.44. The third-order valence-electron chi connectivity index (χ3n) is 6.44. The van der Waals surface area contributed by atoms with Gasteiger partial charge in [-0.05, 0) is 74.6 Å². The van der Waals surface area contributed by atoms with Crippen molar-refractivity contribution in [2.24, 2.45) is 0 Å². The topological polar surface area (TPSA) is 86.8 Å². The summed E-state index contributed by atoms with van der Waals surface area (Å²) in [5.41, 5.74) is 2.68. The van der Waals surface area contributed by atoms with E-state index >= 15 is 0 Å². The first-order chi connectivity index (χ1) is 15.7. The third-order valence-corrected chi connectivity index (χ3v) is 8.86. The number of sulfonamides is 1. The number of amides is 2. The van der Waals surface area contributed by atoms with Crippen LogP contribution in [0, 0.1) is 6.92 Å². The van der Waals surface area contributed by atoms with Crippen molar-refractivity contribution in [1.29, 1.82) is 0 Å². The average molecular weight is 490 g/mol. The van der Waals surface area contributed by atoms with Crippen molar-refractivity contribution in [3.05, 3.63) is 52.5 Å². The van der Waals surface area contributed by atoms with Crippen LogP contribution >= 0.6 is 11.6 Å². The van der Waals surface area contributed by atoms with Crippen LogP contribution in [0.5, 0.6) is 0 Å². The van der Waals surface area contributed by atoms with E-state index in [9.17, 15) is 18.0 Å². The zero-order valence-electron chi connectivity index (χ0n) is 18.8. The summed E-state index contributed by atoms with van der Waals surface area (Å²) in [7, 11) is -3.61. The van der Waals surface area contributed by atoms with Gasteiger partial charge in [0.1, 0.15) is 6.54 Å². The standard InChI is InChI=1S/C24H28ClN3O4S/c1-16-6-3-4-13-28(16)33(31,32)19-10-11-22-18(14-19)9-12-24(30)27(22)15-23(29)26-21-8-5-7-20(25)17(21)2/h5,7-8,10-11,14,16H,3-4,6,9,12-13,15H2,1-2H3,(H,26,29)/t16-/m1/s1. The fourth-order valence-electron chi connectivity index (χ4n) is 4.51. The third kappa shape index (κ3) is 4.78. The summed E-state index contributed by atoms with van der Waals surface area (Å²) in [6.45, 7) is 4.11. The molecule has 1 N–H and O–H groups in total. The molecule has 4 rings (SSSR count). The highest BCUT2D eigenvalue weighted by atomic mass is 35.5. The number of carbonyl (C=O) groups excluding carboxylic acids is 2. The Morgan fingerprint density at radius 3 is 2.73 bits per heavy atom. The molecule has 2 aromatic rings. The number of anilines is 2. The van der Waals surface area contributed by atoms with E-state index in [1.54, 1.807) is 40.7 Å². The summed E-state index contributed by atoms with van der Waals surface area (Å²) < 4.78 is 28.1. The fourth-order valence-corrected chi connectivity index (χ4v) is 6.44. The van der Waals surface area contributed by atoms with E-state index in [0.717, 1.165) is 30.4 Å². The number of carbonyl (C=O) groups is 2. The zero-order chi connectivity index (χ0) is 23.8. The van der Waals surface area contributed by atoms with Gasteiger partial charge in [0.15, 0.2) is 0 Å². The molecule has 0 aromatic heterocycles. The van der Waals surface area contributed by atoms with Crippen LogP contribution in [-0.2, 0) is 26.0 Å². The van der Waals surface area contributed by atoms with Gasteiger partial charge in [0, 0.05) is 35.4 Å². The average Bonchev–Trinajstić information content (AvgIpc) is 2.78. The van der Waals surface area contributed by atoms with E-state index in [4.69, 9.17) is 11.6 Å². The molecule has 0 unspecified atom stereocenters. The van der Waals surface area contributed by atoms with Crippen molar-refractivity contribution in [1.82, 2.24) is 4.31 Å². The molecule has 0 radical (unpaired) electrons. The molecular formula is C24H28ClN3O4S. The van der Waals surface area contributed by atoms with E-state index in [-0.39, 0.29) is 35.7 Å². The Labute approximate surface area is 199 Å². The minimum atomic E-state index is -3.61. The van der Waals surface area contributed by atoms with Gasteiger partial charge >= 0.3 is 0 Å². The lowest BCUT2D eigenvalue weighted by molar-refractivity contribution is -0.121. The molecule has 2 aliphatic heterocycles. The molecule has 1 fully saturated rings. The van der Waals surface area contributed by atoms with Crippen LogP contribution in [0.3, 0.4) is 0 Å². The van der Waals surface area contributed by atoms with Gasteiger partial charge in [-0.1, -0.05) is 24.1 Å². The number of aryl methyl sites for hydroxylation is 1. The Balaban J connectivity index is 1.56. The molecule has 2 aromatic carbocycles. The molecule has 0 spiro atoms. The lowest BCUT2D eigenvalue weighted by Crippen LogP contribution is -2.42. The number of nitrogens with one attached hydrogen (secondary N) is 1. The summed E-state index contributed by atoms with van der Waals surface area (Å²) in [4.78, 5) is 27.0. The van der Waals surface area contributed by atoms with E-state index in [1.807, 2.05) is 13.8 Å². The number of fused-ring (bicyclic) bond motifs is 1. The first-order valence-electron chi connectivity index (χ1n) is 11.2. The Morgan fingerprint density at radius 1 is 1.18 bits per heavy atom. The van der Waals surface area contributed by atoms with Gasteiger partial charge in [0.25, 0.3) is 0 Å². The van der Waals surface area contributed by atoms with Gasteiger partial charge in [0.2, 0.25) is 21.8 Å². The van der Waals surface area contributed by atoms with Gasteiger partial charge in [-0.15, -0.1) is 0 Å². The van der Waals surface area contributed by atoms with Crippen LogP contribution in [-0.4, -0.2) is 43.7 Å². The van der Waals surface area contributed by atoms with Crippen molar-refractivity contribution in [3.63, 3.8) is 0 Å². The number of hydrogen-bond donors (Lipinski definition) is 1. The highest BCUT2D eigenvalue weighted by molar-refractivity contribution is 7.89. The molecule has 2 amide bonds. The molecule has 0 aliphatic carbocycles. The Hall–Kier alpha value is -2.42. The van der Waals surface area contributed by atoms with Gasteiger partial charge < -0.3 is 10.2 Å². The van der Waals surface area contributed by atoms with Crippen LogP contribution in [0.2, 0.25) is 5.02 Å². The molecule has 0 bridgehead atoms. The van der Waals surface area contributed by atoms with Gasteiger partial charge in [-0.2, -0.15) is 4.31 Å². The number of benzene rings is 2. The maximum absolute atomic E-state index is 13.2. The minimum absolute atomic E-state index is 0.0310. The van der Waals surface area contributed by atoms with E-state index in [0.29, 0.717) is 29.4 Å². The van der Waals surface area contributed by atoms with Crippen LogP contribution in [0.4, 0.5) is 11.4 Å². The number of hydrogen-bond acceptors (Lipinski definition) is 4. The molecule has 9 heteroatoms. The van der Waals surface area contributed by atoms with E-state index in [1.165, 1.54) is 4.90 Å². The number of rotatable bonds is 5. The maximum atomic E-state index is 13.2. The lowest BCUT2D eigenvalue weighted by atomic mass is 10.0. The predicted molar refractivity (Wildman–Crippen MR) is 129 cm³/mol. The smallest absolute Gasteiger partial charge is 0.244 e. The fraction of sp³-hybridized carbons (Fsp3) is 0.417. The summed E-state index contributed by atoms with van der Waals surface area (Å²) in [6, 6.07) is 10.1. The Kier molecular flexibility index (Phi) is 6.79. The monoisotopic (exact) mass is 489 g/mol. The predicted octanol–water partition coefficient (Wildman–Crippen LogP) is 4.13. The molecular weight excluding hydrogens is 462 g/mol. The van der Waals surface area contributed by atoms with Crippen molar-refractivity contribution < 1.29 is 18.0 Å². The summed E-state index contributed by atoms with van der Waals surface area (Å²) in [5.74, 6) is -0.513. The first kappa shape index (κ1) is 23.7. The molecule has 0 saturated carbocycles. The van der Waals surface area contributed by atoms with Crippen LogP contribution in [0.25, 0.3) is 0 Å². The van der Waals surface area contributed by atoms with Gasteiger partial charge in [-0.25, -0.2) is 8.42 Å². The maximum Gasteiger partial charge on any atom is 0.244 e. The van der Waals surface area contributed by atoms with Crippen LogP contribution in [0.1, 0.15) is 43.7 Å². The SMILES string of the molecule is Cc1c(Cl)cccc1NC(=O)CN1C(=O)CCc2cc(S(=O)(=O)N3CCCC[C@H]3C)ccc21. The molecule has 33 heavy (non-hydrogen) atoms. The van der Waals surface area contributed by atoms with Gasteiger partial charge in [-0.3, -0.25) is 9.59 Å². The summed E-state index contributed by atoms with van der Waals surface area (Å²) in [5, 5.41) is 3.36. The summed E-state index contributed by atoms with van der Waals surface area (Å²) in [6.07, 6.45) is 3.41. The quantitative estimate of drug-likeness (QED) is 0.684. The largest absolute Gasteiger partial charge is 0.324 e. The Morgan fingerprint density at radius 2 is 1.97 bits per heavy atom. The number of nitrogens with zero attached hydrogens (tertiary/aromatic N) is 2. The molecule has 1 saturated heterocycles. The van der Waals surface area contributed by atoms with Crippen LogP contribution < -0.4 is 10.2 Å². The number of piperidine rings is 1. The lowest BCUT2D eigenvalue weighted by Gasteiger charge is -2.33. The molecule has 2 heterocycles. The van der Waals surface area contributed by atoms with Crippen molar-refractivity contribution in [2.75, 3.05) is 23.3 Å². The van der Waals surface area contributed by atoms with Crippen molar-refractivity contribution in [2.45, 2.75) is 56.9 Å². The van der Waals surface area contributed by atoms with Crippen molar-refractivity contribution in [3.8, 4) is 0 Å². The summed E-state index contributed by atoms with van der Waals surface area (Å²) >= 11 is 6.13. The van der Waals surface area contributed by atoms with E-state index in [2.05, 4.69) is 5.32 Å².